The van der Waals surface area contributed by atoms with Gasteiger partial charge in [0.1, 0.15) is 5.76 Å². The van der Waals surface area contributed by atoms with Crippen LogP contribution in [0, 0.1) is 6.92 Å². The van der Waals surface area contributed by atoms with E-state index >= 15 is 0 Å². The second kappa shape index (κ2) is 9.60. The van der Waals surface area contributed by atoms with Crippen LogP contribution < -0.4 is 10.6 Å². The molecule has 1 aliphatic carbocycles. The van der Waals surface area contributed by atoms with Crippen LogP contribution in [-0.4, -0.2) is 40.0 Å². The van der Waals surface area contributed by atoms with Crippen LogP contribution in [0.5, 0.6) is 0 Å². The SMILES string of the molecule is Cc1cc(NC(=O)[C@H](C)SCC(=O)O[C@H](C(=O)NC2CC2)c2ccccc2)no1. The Bertz CT molecular complexity index is 866. The molecule has 1 aliphatic rings. The number of anilines is 1. The molecule has 1 saturated carbocycles. The molecule has 1 aromatic heterocycles. The summed E-state index contributed by atoms with van der Waals surface area (Å²) in [5.41, 5.74) is 0.608. The van der Waals surface area contributed by atoms with Crippen LogP contribution in [0.1, 0.15) is 37.2 Å². The van der Waals surface area contributed by atoms with Crippen molar-refractivity contribution in [2.75, 3.05) is 11.1 Å². The fourth-order valence-corrected chi connectivity index (χ4v) is 3.16. The Hall–Kier alpha value is -2.81. The zero-order valence-electron chi connectivity index (χ0n) is 16.2. The normalized spacial score (nSPS) is 15.2. The summed E-state index contributed by atoms with van der Waals surface area (Å²) in [5.74, 6) is -0.353. The summed E-state index contributed by atoms with van der Waals surface area (Å²) in [6.45, 7) is 3.40. The van der Waals surface area contributed by atoms with Gasteiger partial charge in [0.05, 0.1) is 11.0 Å². The Morgan fingerprint density at radius 1 is 1.24 bits per heavy atom. The first-order valence-electron chi connectivity index (χ1n) is 9.33. The number of nitrogens with one attached hydrogen (secondary N) is 2. The van der Waals surface area contributed by atoms with E-state index in [-0.39, 0.29) is 23.6 Å². The monoisotopic (exact) mass is 417 g/mol. The van der Waals surface area contributed by atoms with Crippen molar-refractivity contribution in [2.45, 2.75) is 44.1 Å². The fraction of sp³-hybridized carbons (Fsp3) is 0.400. The minimum absolute atomic E-state index is 0.0630. The van der Waals surface area contributed by atoms with E-state index in [4.69, 9.17) is 9.26 Å². The van der Waals surface area contributed by atoms with Crippen molar-refractivity contribution < 1.29 is 23.6 Å². The van der Waals surface area contributed by atoms with E-state index in [0.717, 1.165) is 24.6 Å². The number of nitrogens with zero attached hydrogens (tertiary/aromatic N) is 1. The number of esters is 1. The zero-order chi connectivity index (χ0) is 20.8. The van der Waals surface area contributed by atoms with Crippen molar-refractivity contribution in [1.82, 2.24) is 10.5 Å². The van der Waals surface area contributed by atoms with E-state index < -0.39 is 17.3 Å². The number of hydrogen-bond acceptors (Lipinski definition) is 7. The highest BCUT2D eigenvalue weighted by atomic mass is 32.2. The minimum atomic E-state index is -1.01. The first-order valence-corrected chi connectivity index (χ1v) is 10.4. The molecule has 1 aromatic carbocycles. The number of hydrogen-bond donors (Lipinski definition) is 2. The molecule has 0 saturated heterocycles. The number of aryl methyl sites for hydroxylation is 1. The summed E-state index contributed by atoms with van der Waals surface area (Å²) in [4.78, 5) is 37.0. The van der Waals surface area contributed by atoms with Crippen molar-refractivity contribution >= 4 is 35.4 Å². The first kappa shape index (κ1) is 20.9. The standard InChI is InChI=1S/C20H23N3O5S/c1-12-10-16(23-28-12)22-19(25)13(2)29-11-17(24)27-18(14-6-4-3-5-7-14)20(26)21-15-8-9-15/h3-7,10,13,15,18H,8-9,11H2,1-2H3,(H,21,26)(H,22,23,25)/t13-,18-/m0/s1. The number of rotatable bonds is 9. The summed E-state index contributed by atoms with van der Waals surface area (Å²) in [6.07, 6.45) is 0.871. The molecule has 29 heavy (non-hydrogen) atoms. The average Bonchev–Trinajstić information content (AvgIpc) is 3.43. The third-order valence-corrected chi connectivity index (χ3v) is 5.33. The highest BCUT2D eigenvalue weighted by Gasteiger charge is 2.31. The lowest BCUT2D eigenvalue weighted by atomic mass is 10.1. The lowest BCUT2D eigenvalue weighted by Gasteiger charge is -2.18. The van der Waals surface area contributed by atoms with Gasteiger partial charge in [0, 0.05) is 17.7 Å². The third kappa shape index (κ3) is 6.35. The van der Waals surface area contributed by atoms with Crippen molar-refractivity contribution in [2.24, 2.45) is 0 Å². The van der Waals surface area contributed by atoms with Crippen LogP contribution in [0.25, 0.3) is 0 Å². The van der Waals surface area contributed by atoms with Gasteiger partial charge in [-0.1, -0.05) is 35.5 Å². The summed E-state index contributed by atoms with van der Waals surface area (Å²) < 4.78 is 10.3. The van der Waals surface area contributed by atoms with E-state index in [1.807, 2.05) is 6.07 Å². The third-order valence-electron chi connectivity index (χ3n) is 4.21. The molecule has 2 N–H and O–H groups in total. The predicted molar refractivity (Wildman–Crippen MR) is 108 cm³/mol. The molecule has 0 radical (unpaired) electrons. The topological polar surface area (TPSA) is 111 Å². The number of benzene rings is 1. The van der Waals surface area contributed by atoms with Crippen molar-refractivity contribution in [3.8, 4) is 0 Å². The zero-order valence-corrected chi connectivity index (χ0v) is 17.0. The highest BCUT2D eigenvalue weighted by molar-refractivity contribution is 8.01. The van der Waals surface area contributed by atoms with Gasteiger partial charge in [0.15, 0.2) is 5.82 Å². The summed E-state index contributed by atoms with van der Waals surface area (Å²) >= 11 is 1.12. The summed E-state index contributed by atoms with van der Waals surface area (Å²) in [6, 6.07) is 10.6. The number of ether oxygens (including phenoxy) is 1. The van der Waals surface area contributed by atoms with Crippen LogP contribution in [0.3, 0.4) is 0 Å². The second-order valence-electron chi connectivity index (χ2n) is 6.83. The van der Waals surface area contributed by atoms with Gasteiger partial charge in [0.2, 0.25) is 12.0 Å². The lowest BCUT2D eigenvalue weighted by molar-refractivity contribution is -0.154. The van der Waals surface area contributed by atoms with E-state index in [1.165, 1.54) is 0 Å². The molecule has 0 bridgehead atoms. The van der Waals surface area contributed by atoms with Gasteiger partial charge >= 0.3 is 5.97 Å². The van der Waals surface area contributed by atoms with Gasteiger partial charge in [-0.3, -0.25) is 14.4 Å². The number of carbonyl (C=O) groups excluding carboxylic acids is 3. The van der Waals surface area contributed by atoms with Crippen molar-refractivity contribution in [1.29, 1.82) is 0 Å². The lowest BCUT2D eigenvalue weighted by Crippen LogP contribution is -2.34. The van der Waals surface area contributed by atoms with E-state index in [9.17, 15) is 14.4 Å². The Balaban J connectivity index is 1.52. The Labute approximate surface area is 172 Å². The Morgan fingerprint density at radius 2 is 1.97 bits per heavy atom. The van der Waals surface area contributed by atoms with Gasteiger partial charge in [-0.2, -0.15) is 0 Å². The minimum Gasteiger partial charge on any atom is -0.447 e. The molecule has 2 amide bonds. The molecule has 1 fully saturated rings. The molecule has 8 nitrogen and oxygen atoms in total. The molecular formula is C20H23N3O5S. The number of thioether (sulfide) groups is 1. The van der Waals surface area contributed by atoms with Crippen molar-refractivity contribution in [3.05, 3.63) is 47.7 Å². The van der Waals surface area contributed by atoms with Crippen LogP contribution >= 0.6 is 11.8 Å². The molecule has 2 atom stereocenters. The van der Waals surface area contributed by atoms with Gasteiger partial charge in [-0.05, 0) is 26.7 Å². The molecule has 154 valence electrons. The maximum Gasteiger partial charge on any atom is 0.317 e. The van der Waals surface area contributed by atoms with Crippen LogP contribution in [0.15, 0.2) is 40.9 Å². The second-order valence-corrected chi connectivity index (χ2v) is 8.16. The van der Waals surface area contributed by atoms with Gasteiger partial charge < -0.3 is 19.9 Å². The van der Waals surface area contributed by atoms with Crippen LogP contribution in [-0.2, 0) is 19.1 Å². The van der Waals surface area contributed by atoms with E-state index in [0.29, 0.717) is 17.1 Å². The largest absolute Gasteiger partial charge is 0.447 e. The Kier molecular flexibility index (Phi) is 6.92. The molecule has 3 rings (SSSR count). The van der Waals surface area contributed by atoms with Gasteiger partial charge in [0.25, 0.3) is 5.91 Å². The quantitative estimate of drug-likeness (QED) is 0.603. The first-order chi connectivity index (χ1) is 13.9. The number of amides is 2. The summed E-state index contributed by atoms with van der Waals surface area (Å²) in [5, 5.41) is 8.67. The maximum atomic E-state index is 12.5. The average molecular weight is 417 g/mol. The molecule has 9 heteroatoms. The van der Waals surface area contributed by atoms with Gasteiger partial charge in [-0.25, -0.2) is 0 Å². The molecule has 0 spiro atoms. The smallest absolute Gasteiger partial charge is 0.317 e. The molecule has 1 heterocycles. The fourth-order valence-electron chi connectivity index (χ4n) is 2.49. The number of carbonyl (C=O) groups is 3. The van der Waals surface area contributed by atoms with Crippen LogP contribution in [0.2, 0.25) is 0 Å². The van der Waals surface area contributed by atoms with Crippen molar-refractivity contribution in [3.63, 3.8) is 0 Å². The van der Waals surface area contributed by atoms with Crippen LogP contribution in [0.4, 0.5) is 5.82 Å². The number of aromatic nitrogens is 1. The Morgan fingerprint density at radius 3 is 2.59 bits per heavy atom. The highest BCUT2D eigenvalue weighted by Crippen LogP contribution is 2.24. The molecule has 2 aromatic rings. The molecule has 0 aliphatic heterocycles. The van der Waals surface area contributed by atoms with E-state index in [1.54, 1.807) is 44.2 Å². The van der Waals surface area contributed by atoms with Gasteiger partial charge in [-0.15, -0.1) is 11.8 Å². The summed E-state index contributed by atoms with van der Waals surface area (Å²) in [7, 11) is 0. The maximum absolute atomic E-state index is 12.5. The molecule has 0 unspecified atom stereocenters. The predicted octanol–water partition coefficient (Wildman–Crippen LogP) is 2.61. The van der Waals surface area contributed by atoms with E-state index in [2.05, 4.69) is 15.8 Å². The molecular weight excluding hydrogens is 394 g/mol.